The molecule has 3 atom stereocenters. The number of thiazole rings is 1. The number of hydrogen-bond donors (Lipinski definition) is 1. The van der Waals surface area contributed by atoms with E-state index in [1.807, 2.05) is 29.2 Å². The Bertz CT molecular complexity index is 1350. The molecule has 7 nitrogen and oxygen atoms in total. The fourth-order valence-corrected chi connectivity index (χ4v) is 7.28. The first kappa shape index (κ1) is 24.8. The maximum atomic E-state index is 14.2. The van der Waals surface area contributed by atoms with Crippen LogP contribution in [0.2, 0.25) is 0 Å². The van der Waals surface area contributed by atoms with Crippen LogP contribution in [0.25, 0.3) is 21.1 Å². The van der Waals surface area contributed by atoms with Crippen LogP contribution in [0.5, 0.6) is 0 Å². The quantitative estimate of drug-likeness (QED) is 0.533. The molecule has 2 fully saturated rings. The zero-order chi connectivity index (χ0) is 25.4. The van der Waals surface area contributed by atoms with Gasteiger partial charge in [0.15, 0.2) is 9.84 Å². The summed E-state index contributed by atoms with van der Waals surface area (Å²) in [4.78, 5) is 24.1. The van der Waals surface area contributed by atoms with Gasteiger partial charge in [0, 0.05) is 30.6 Å². The molecule has 190 valence electrons. The van der Waals surface area contributed by atoms with Crippen LogP contribution in [0.1, 0.15) is 30.9 Å². The van der Waals surface area contributed by atoms with Crippen molar-refractivity contribution in [3.8, 4) is 21.1 Å². The average molecular weight is 533 g/mol. The Morgan fingerprint density at radius 1 is 1.08 bits per heavy atom. The van der Waals surface area contributed by atoms with Crippen LogP contribution in [0.15, 0.2) is 42.6 Å². The second kappa shape index (κ2) is 9.85. The fourth-order valence-electron chi connectivity index (χ4n) is 4.96. The summed E-state index contributed by atoms with van der Waals surface area (Å²) in [5.41, 5.74) is 8.65. The molecule has 0 bridgehead atoms. The van der Waals surface area contributed by atoms with Crippen molar-refractivity contribution in [1.82, 2.24) is 9.97 Å². The topological polar surface area (TPSA) is 106 Å². The predicted molar refractivity (Wildman–Crippen MR) is 136 cm³/mol. The Morgan fingerprint density at radius 3 is 2.44 bits per heavy atom. The highest BCUT2D eigenvalue weighted by atomic mass is 32.2. The lowest BCUT2D eigenvalue weighted by Gasteiger charge is -2.31. The van der Waals surface area contributed by atoms with Crippen LogP contribution in [0.4, 0.5) is 14.5 Å². The summed E-state index contributed by atoms with van der Waals surface area (Å²) in [6.45, 7) is 0.890. The Balaban J connectivity index is 1.52. The molecular weight excluding hydrogens is 506 g/mol. The Morgan fingerprint density at radius 2 is 1.81 bits per heavy atom. The van der Waals surface area contributed by atoms with Gasteiger partial charge >= 0.3 is 0 Å². The third-order valence-corrected chi connectivity index (χ3v) is 9.69. The lowest BCUT2D eigenvalue weighted by molar-refractivity contribution is -0.124. The van der Waals surface area contributed by atoms with Crippen LogP contribution < -0.4 is 10.6 Å². The molecule has 0 unspecified atom stereocenters. The van der Waals surface area contributed by atoms with Crippen LogP contribution in [0, 0.1) is 11.7 Å². The predicted octanol–water partition coefficient (Wildman–Crippen LogP) is 3.95. The van der Waals surface area contributed by atoms with Gasteiger partial charge in [-0.25, -0.2) is 22.2 Å². The molecule has 1 aliphatic carbocycles. The lowest BCUT2D eigenvalue weighted by atomic mass is 9.75. The molecule has 1 saturated heterocycles. The van der Waals surface area contributed by atoms with E-state index in [1.54, 1.807) is 6.07 Å². The highest BCUT2D eigenvalue weighted by molar-refractivity contribution is 7.91. The number of pyridine rings is 1. The van der Waals surface area contributed by atoms with E-state index in [1.165, 1.54) is 17.4 Å². The number of hydrogen-bond acceptors (Lipinski definition) is 7. The first-order valence-electron chi connectivity index (χ1n) is 11.8. The number of primary amides is 1. The molecular formula is C25H26F2N4O3S2. The van der Waals surface area contributed by atoms with Gasteiger partial charge in [-0.3, -0.25) is 9.78 Å². The van der Waals surface area contributed by atoms with Gasteiger partial charge in [-0.05, 0) is 49.1 Å². The number of amides is 1. The molecule has 5 rings (SSSR count). The van der Waals surface area contributed by atoms with Gasteiger partial charge in [-0.2, -0.15) is 0 Å². The number of rotatable bonds is 5. The largest absolute Gasteiger partial charge is 0.369 e. The summed E-state index contributed by atoms with van der Waals surface area (Å²) in [5.74, 6) is -1.73. The van der Waals surface area contributed by atoms with Gasteiger partial charge in [0.25, 0.3) is 0 Å². The van der Waals surface area contributed by atoms with Crippen molar-refractivity contribution in [2.24, 2.45) is 11.7 Å². The molecule has 11 heteroatoms. The molecule has 1 aromatic carbocycles. The summed E-state index contributed by atoms with van der Waals surface area (Å²) in [7, 11) is -2.98. The standard InChI is InChI=1S/C25H26F2N4O3S2/c26-16-3-7-19(20(13-16)24(28)32)22-23(35-25(30-22)21-8-4-17(27)14-29-21)15-1-5-18(6-2-15)31-9-11-36(33,34)12-10-31/h1-2,4-6,8,14,16,19-20H,3,7,9-13H2,(H2,28,32)/t16-,19+,20+/m0/s1. The summed E-state index contributed by atoms with van der Waals surface area (Å²) in [6.07, 6.45) is 0.892. The zero-order valence-corrected chi connectivity index (χ0v) is 21.1. The van der Waals surface area contributed by atoms with Crippen LogP contribution in [-0.4, -0.2) is 55.1 Å². The monoisotopic (exact) mass is 532 g/mol. The van der Waals surface area contributed by atoms with Gasteiger partial charge in [-0.1, -0.05) is 12.1 Å². The Hall–Kier alpha value is -2.92. The number of aromatic nitrogens is 2. The Labute approximate surface area is 212 Å². The first-order valence-corrected chi connectivity index (χ1v) is 14.5. The number of nitrogens with zero attached hydrogens (tertiary/aromatic N) is 3. The maximum Gasteiger partial charge on any atom is 0.221 e. The van der Waals surface area contributed by atoms with Crippen molar-refractivity contribution in [3.63, 3.8) is 0 Å². The number of halogens is 2. The molecule has 2 N–H and O–H groups in total. The summed E-state index contributed by atoms with van der Waals surface area (Å²) in [6, 6.07) is 10.6. The molecule has 36 heavy (non-hydrogen) atoms. The third-order valence-electron chi connectivity index (χ3n) is 6.94. The van der Waals surface area contributed by atoms with Crippen LogP contribution >= 0.6 is 11.3 Å². The van der Waals surface area contributed by atoms with E-state index in [9.17, 15) is 22.0 Å². The lowest BCUT2D eigenvalue weighted by Crippen LogP contribution is -2.40. The van der Waals surface area contributed by atoms with Gasteiger partial charge in [0.2, 0.25) is 5.91 Å². The van der Waals surface area contributed by atoms with E-state index < -0.39 is 33.7 Å². The molecule has 1 saturated carbocycles. The highest BCUT2D eigenvalue weighted by Crippen LogP contribution is 2.46. The first-order chi connectivity index (χ1) is 17.2. The minimum Gasteiger partial charge on any atom is -0.369 e. The number of anilines is 1. The summed E-state index contributed by atoms with van der Waals surface area (Å²) in [5, 5.41) is 0.580. The van der Waals surface area contributed by atoms with Gasteiger partial charge in [0.05, 0.1) is 34.0 Å². The smallest absolute Gasteiger partial charge is 0.221 e. The van der Waals surface area contributed by atoms with E-state index in [0.717, 1.165) is 22.3 Å². The normalized spacial score (nSPS) is 23.9. The SMILES string of the molecule is NC(=O)[C@@H]1C[C@@H](F)CC[C@H]1c1nc(-c2ccc(F)cn2)sc1-c1ccc(N2CCS(=O)(=O)CC2)cc1. The van der Waals surface area contributed by atoms with Crippen molar-refractivity contribution >= 4 is 32.8 Å². The highest BCUT2D eigenvalue weighted by Gasteiger charge is 2.38. The van der Waals surface area contributed by atoms with E-state index in [4.69, 9.17) is 10.7 Å². The second-order valence-electron chi connectivity index (χ2n) is 9.31. The molecule has 0 spiro atoms. The van der Waals surface area contributed by atoms with E-state index >= 15 is 0 Å². The molecule has 2 aromatic heterocycles. The summed E-state index contributed by atoms with van der Waals surface area (Å²) < 4.78 is 51.2. The van der Waals surface area contributed by atoms with E-state index in [-0.39, 0.29) is 23.8 Å². The van der Waals surface area contributed by atoms with Crippen molar-refractivity contribution in [2.75, 3.05) is 29.5 Å². The number of nitrogens with two attached hydrogens (primary N) is 1. The van der Waals surface area contributed by atoms with Crippen molar-refractivity contribution in [3.05, 3.63) is 54.1 Å². The van der Waals surface area contributed by atoms with Gasteiger partial charge in [0.1, 0.15) is 17.0 Å². The zero-order valence-electron chi connectivity index (χ0n) is 19.4. The average Bonchev–Trinajstić information content (AvgIpc) is 3.30. The molecule has 0 radical (unpaired) electrons. The minimum atomic E-state index is -2.98. The molecule has 1 amide bonds. The minimum absolute atomic E-state index is 0.0674. The number of carbonyl (C=O) groups is 1. The summed E-state index contributed by atoms with van der Waals surface area (Å²) >= 11 is 1.39. The molecule has 1 aliphatic heterocycles. The van der Waals surface area contributed by atoms with Crippen LogP contribution in [0.3, 0.4) is 0 Å². The van der Waals surface area contributed by atoms with E-state index in [0.29, 0.717) is 42.3 Å². The fraction of sp³-hybridized carbons (Fsp3) is 0.400. The molecule has 2 aliphatic rings. The van der Waals surface area contributed by atoms with Crippen LogP contribution in [-0.2, 0) is 14.6 Å². The maximum absolute atomic E-state index is 14.2. The number of sulfone groups is 1. The second-order valence-corrected chi connectivity index (χ2v) is 12.6. The van der Waals surface area contributed by atoms with Gasteiger partial charge < -0.3 is 10.6 Å². The number of alkyl halides is 1. The van der Waals surface area contributed by atoms with Crippen molar-refractivity contribution in [1.29, 1.82) is 0 Å². The molecule has 3 heterocycles. The Kier molecular flexibility index (Phi) is 6.78. The van der Waals surface area contributed by atoms with E-state index in [2.05, 4.69) is 4.98 Å². The van der Waals surface area contributed by atoms with Crippen molar-refractivity contribution < 1.29 is 22.0 Å². The molecule has 3 aromatic rings. The van der Waals surface area contributed by atoms with Crippen molar-refractivity contribution in [2.45, 2.75) is 31.4 Å². The number of benzene rings is 1. The van der Waals surface area contributed by atoms with Gasteiger partial charge in [-0.15, -0.1) is 11.3 Å². The number of carbonyl (C=O) groups excluding carboxylic acids is 1. The third kappa shape index (κ3) is 5.12.